The van der Waals surface area contributed by atoms with Crippen LogP contribution >= 0.6 is 0 Å². The highest BCUT2D eigenvalue weighted by atomic mass is 16.5. The first kappa shape index (κ1) is 15.0. The van der Waals surface area contributed by atoms with Crippen molar-refractivity contribution >= 4 is 0 Å². The van der Waals surface area contributed by atoms with Crippen LogP contribution in [0.25, 0.3) is 0 Å². The first-order valence-electron chi connectivity index (χ1n) is 7.91. The van der Waals surface area contributed by atoms with Gasteiger partial charge in [0.25, 0.3) is 0 Å². The molecule has 1 rings (SSSR count). The van der Waals surface area contributed by atoms with E-state index in [2.05, 4.69) is 20.8 Å². The third-order valence-corrected chi connectivity index (χ3v) is 4.23. The summed E-state index contributed by atoms with van der Waals surface area (Å²) in [4.78, 5) is 0. The fraction of sp³-hybridized carbons (Fsp3) is 1.00. The second-order valence-electron chi connectivity index (χ2n) is 5.90. The fourth-order valence-electron chi connectivity index (χ4n) is 2.75. The predicted octanol–water partition coefficient (Wildman–Crippen LogP) is 5.33. The van der Waals surface area contributed by atoms with Gasteiger partial charge in [-0.25, -0.2) is 0 Å². The van der Waals surface area contributed by atoms with Crippen LogP contribution in [0.3, 0.4) is 0 Å². The average Bonchev–Trinajstić information content (AvgIpc) is 2.37. The van der Waals surface area contributed by atoms with Crippen LogP contribution in [-0.2, 0) is 4.74 Å². The van der Waals surface area contributed by atoms with Crippen LogP contribution < -0.4 is 0 Å². The first-order chi connectivity index (χ1) is 8.26. The van der Waals surface area contributed by atoms with Gasteiger partial charge in [0.15, 0.2) is 0 Å². The molecule has 102 valence electrons. The first-order valence-corrected chi connectivity index (χ1v) is 7.91. The Balaban J connectivity index is 2.25. The molecule has 1 saturated carbocycles. The van der Waals surface area contributed by atoms with Crippen molar-refractivity contribution in [3.05, 3.63) is 0 Å². The molecule has 0 heterocycles. The molecule has 0 amide bonds. The summed E-state index contributed by atoms with van der Waals surface area (Å²) in [6, 6.07) is 0. The summed E-state index contributed by atoms with van der Waals surface area (Å²) < 4.78 is 6.33. The van der Waals surface area contributed by atoms with Crippen molar-refractivity contribution in [2.45, 2.75) is 97.2 Å². The topological polar surface area (TPSA) is 9.23 Å². The summed E-state index contributed by atoms with van der Waals surface area (Å²) in [6.45, 7) is 6.94. The summed E-state index contributed by atoms with van der Waals surface area (Å²) in [6.07, 6.45) is 14.4. The highest BCUT2D eigenvalue weighted by molar-refractivity contribution is 4.69. The molecule has 2 unspecified atom stereocenters. The lowest BCUT2D eigenvalue weighted by Gasteiger charge is -2.28. The molecule has 0 aromatic rings. The van der Waals surface area contributed by atoms with E-state index in [-0.39, 0.29) is 0 Å². The summed E-state index contributed by atoms with van der Waals surface area (Å²) >= 11 is 0. The maximum Gasteiger partial charge on any atom is 0.0578 e. The Morgan fingerprint density at radius 1 is 1.00 bits per heavy atom. The molecule has 2 atom stereocenters. The van der Waals surface area contributed by atoms with E-state index in [0.717, 1.165) is 5.92 Å². The Hall–Kier alpha value is -0.0400. The van der Waals surface area contributed by atoms with Gasteiger partial charge in [-0.2, -0.15) is 0 Å². The van der Waals surface area contributed by atoms with Gasteiger partial charge in [-0.3, -0.25) is 0 Å². The second-order valence-corrected chi connectivity index (χ2v) is 5.90. The van der Waals surface area contributed by atoms with E-state index in [9.17, 15) is 0 Å². The van der Waals surface area contributed by atoms with E-state index in [4.69, 9.17) is 4.74 Å². The van der Waals surface area contributed by atoms with Crippen molar-refractivity contribution in [2.75, 3.05) is 0 Å². The average molecular weight is 240 g/mol. The summed E-state index contributed by atoms with van der Waals surface area (Å²) in [5.41, 5.74) is 0. The van der Waals surface area contributed by atoms with E-state index >= 15 is 0 Å². The Bertz CT molecular complexity index is 172. The normalized spacial score (nSPS) is 21.4. The molecule has 0 saturated heterocycles. The molecule has 0 spiro atoms. The molecule has 0 aromatic carbocycles. The number of ether oxygens (including phenoxy) is 1. The summed E-state index contributed by atoms with van der Waals surface area (Å²) in [5.74, 6) is 0.865. The Morgan fingerprint density at radius 3 is 2.29 bits per heavy atom. The van der Waals surface area contributed by atoms with Crippen LogP contribution in [-0.4, -0.2) is 12.2 Å². The quantitative estimate of drug-likeness (QED) is 0.557. The van der Waals surface area contributed by atoms with Crippen molar-refractivity contribution in [1.82, 2.24) is 0 Å². The van der Waals surface area contributed by atoms with Gasteiger partial charge in [-0.1, -0.05) is 52.9 Å². The smallest absolute Gasteiger partial charge is 0.0578 e. The van der Waals surface area contributed by atoms with E-state index in [1.807, 2.05) is 0 Å². The van der Waals surface area contributed by atoms with Gasteiger partial charge >= 0.3 is 0 Å². The minimum absolute atomic E-state index is 0.539. The van der Waals surface area contributed by atoms with Gasteiger partial charge in [0.05, 0.1) is 12.2 Å². The molecule has 1 nitrogen and oxygen atoms in total. The van der Waals surface area contributed by atoms with Gasteiger partial charge in [0.1, 0.15) is 0 Å². The van der Waals surface area contributed by atoms with Crippen molar-refractivity contribution < 1.29 is 4.74 Å². The molecule has 0 aromatic heterocycles. The van der Waals surface area contributed by atoms with E-state index in [0.29, 0.717) is 12.2 Å². The molecule has 1 aliphatic carbocycles. The standard InChI is InChI=1S/C16H32O/c1-4-9-15(13-12-14(3)5-2)17-16-10-7-6-8-11-16/h14-16H,4-13H2,1-3H3. The molecular formula is C16H32O. The maximum atomic E-state index is 6.33. The molecule has 0 radical (unpaired) electrons. The second kappa shape index (κ2) is 8.97. The van der Waals surface area contributed by atoms with Crippen LogP contribution in [0.15, 0.2) is 0 Å². The molecule has 1 heteroatoms. The lowest BCUT2D eigenvalue weighted by Crippen LogP contribution is -2.24. The summed E-state index contributed by atoms with van der Waals surface area (Å²) in [5, 5.41) is 0. The minimum atomic E-state index is 0.539. The highest BCUT2D eigenvalue weighted by Crippen LogP contribution is 2.25. The lowest BCUT2D eigenvalue weighted by molar-refractivity contribution is -0.0393. The zero-order valence-corrected chi connectivity index (χ0v) is 12.2. The van der Waals surface area contributed by atoms with Crippen LogP contribution in [0.4, 0.5) is 0 Å². The zero-order chi connectivity index (χ0) is 12.5. The molecule has 0 bridgehead atoms. The van der Waals surface area contributed by atoms with Gasteiger partial charge in [-0.15, -0.1) is 0 Å². The largest absolute Gasteiger partial charge is 0.375 e. The van der Waals surface area contributed by atoms with Gasteiger partial charge in [0, 0.05) is 0 Å². The Kier molecular flexibility index (Phi) is 7.92. The number of hydrogen-bond acceptors (Lipinski definition) is 1. The third kappa shape index (κ3) is 6.45. The lowest BCUT2D eigenvalue weighted by atomic mass is 9.96. The minimum Gasteiger partial charge on any atom is -0.375 e. The van der Waals surface area contributed by atoms with Crippen LogP contribution in [0.2, 0.25) is 0 Å². The maximum absolute atomic E-state index is 6.33. The summed E-state index contributed by atoms with van der Waals surface area (Å²) in [7, 11) is 0. The monoisotopic (exact) mass is 240 g/mol. The predicted molar refractivity (Wildman–Crippen MR) is 75.3 cm³/mol. The fourth-order valence-corrected chi connectivity index (χ4v) is 2.75. The van der Waals surface area contributed by atoms with E-state index < -0.39 is 0 Å². The third-order valence-electron chi connectivity index (χ3n) is 4.23. The van der Waals surface area contributed by atoms with Crippen molar-refractivity contribution in [3.8, 4) is 0 Å². The molecular weight excluding hydrogens is 208 g/mol. The van der Waals surface area contributed by atoms with E-state index in [1.54, 1.807) is 0 Å². The molecule has 17 heavy (non-hydrogen) atoms. The molecule has 1 fully saturated rings. The van der Waals surface area contributed by atoms with E-state index in [1.165, 1.54) is 64.2 Å². The van der Waals surface area contributed by atoms with Gasteiger partial charge in [0.2, 0.25) is 0 Å². The Labute approximate surface area is 108 Å². The SMILES string of the molecule is CCCC(CCC(C)CC)OC1CCCCC1. The number of rotatable bonds is 8. The molecule has 0 aliphatic heterocycles. The number of hydrogen-bond donors (Lipinski definition) is 0. The van der Waals surface area contributed by atoms with Crippen LogP contribution in [0, 0.1) is 5.92 Å². The highest BCUT2D eigenvalue weighted by Gasteiger charge is 2.19. The van der Waals surface area contributed by atoms with Crippen molar-refractivity contribution in [2.24, 2.45) is 5.92 Å². The van der Waals surface area contributed by atoms with Crippen LogP contribution in [0.1, 0.15) is 85.0 Å². The molecule has 1 aliphatic rings. The van der Waals surface area contributed by atoms with Crippen molar-refractivity contribution in [1.29, 1.82) is 0 Å². The van der Waals surface area contributed by atoms with Gasteiger partial charge < -0.3 is 4.74 Å². The molecule has 0 N–H and O–H groups in total. The van der Waals surface area contributed by atoms with Crippen LogP contribution in [0.5, 0.6) is 0 Å². The zero-order valence-electron chi connectivity index (χ0n) is 12.2. The Morgan fingerprint density at radius 2 is 1.71 bits per heavy atom. The van der Waals surface area contributed by atoms with Gasteiger partial charge in [-0.05, 0) is 38.0 Å². The van der Waals surface area contributed by atoms with Crippen molar-refractivity contribution in [3.63, 3.8) is 0 Å².